The Kier molecular flexibility index (Phi) is 7.73. The fourth-order valence-electron chi connectivity index (χ4n) is 2.12. The molecule has 1 nitrogen and oxygen atoms in total. The first kappa shape index (κ1) is 15.8. The van der Waals surface area contributed by atoms with E-state index in [9.17, 15) is 0 Å². The highest BCUT2D eigenvalue weighted by molar-refractivity contribution is 6.31. The maximum Gasteiger partial charge on any atom is 0.0453 e. The summed E-state index contributed by atoms with van der Waals surface area (Å²) >= 11 is 12.0. The summed E-state index contributed by atoms with van der Waals surface area (Å²) in [5, 5.41) is 4.34. The van der Waals surface area contributed by atoms with E-state index < -0.39 is 0 Å². The number of aryl methyl sites for hydroxylation is 1. The zero-order valence-corrected chi connectivity index (χ0v) is 12.8. The SMILES string of the molecule is CCCC(CCCl)CNCc1ccc(C)cc1Cl. The summed E-state index contributed by atoms with van der Waals surface area (Å²) in [5.41, 5.74) is 2.37. The van der Waals surface area contributed by atoms with E-state index in [2.05, 4.69) is 31.3 Å². The second-order valence-electron chi connectivity index (χ2n) is 4.86. The van der Waals surface area contributed by atoms with E-state index in [1.54, 1.807) is 0 Å². The molecule has 1 unspecified atom stereocenters. The Bertz CT molecular complexity index is 346. The van der Waals surface area contributed by atoms with Crippen LogP contribution in [-0.4, -0.2) is 12.4 Å². The maximum absolute atomic E-state index is 6.21. The lowest BCUT2D eigenvalue weighted by molar-refractivity contribution is 0.430. The van der Waals surface area contributed by atoms with Crippen LogP contribution in [0.4, 0.5) is 0 Å². The van der Waals surface area contributed by atoms with Crippen LogP contribution in [0.15, 0.2) is 18.2 Å². The Morgan fingerprint density at radius 2 is 2.06 bits per heavy atom. The molecule has 1 aromatic carbocycles. The number of alkyl halides is 1. The van der Waals surface area contributed by atoms with Crippen molar-refractivity contribution in [3.05, 3.63) is 34.3 Å². The molecule has 1 aromatic rings. The van der Waals surface area contributed by atoms with Gasteiger partial charge in [-0.3, -0.25) is 0 Å². The van der Waals surface area contributed by atoms with Crippen molar-refractivity contribution in [2.45, 2.75) is 39.7 Å². The van der Waals surface area contributed by atoms with Gasteiger partial charge in [0.15, 0.2) is 0 Å². The number of hydrogen-bond donors (Lipinski definition) is 1. The van der Waals surface area contributed by atoms with Crippen molar-refractivity contribution in [1.29, 1.82) is 0 Å². The molecule has 0 heterocycles. The molecule has 0 saturated heterocycles. The molecule has 102 valence electrons. The second-order valence-corrected chi connectivity index (χ2v) is 5.64. The molecule has 0 amide bonds. The van der Waals surface area contributed by atoms with E-state index in [1.807, 2.05) is 6.07 Å². The van der Waals surface area contributed by atoms with Crippen LogP contribution in [0.25, 0.3) is 0 Å². The first-order chi connectivity index (χ1) is 8.67. The fourth-order valence-corrected chi connectivity index (χ4v) is 2.73. The summed E-state index contributed by atoms with van der Waals surface area (Å²) in [4.78, 5) is 0. The number of nitrogens with one attached hydrogen (secondary N) is 1. The predicted molar refractivity (Wildman–Crippen MR) is 81.6 cm³/mol. The van der Waals surface area contributed by atoms with Gasteiger partial charge in [0.05, 0.1) is 0 Å². The van der Waals surface area contributed by atoms with Gasteiger partial charge in [0, 0.05) is 17.4 Å². The number of benzene rings is 1. The third-order valence-electron chi connectivity index (χ3n) is 3.17. The largest absolute Gasteiger partial charge is 0.312 e. The third kappa shape index (κ3) is 5.60. The molecule has 18 heavy (non-hydrogen) atoms. The maximum atomic E-state index is 6.21. The van der Waals surface area contributed by atoms with Gasteiger partial charge >= 0.3 is 0 Å². The standard InChI is InChI=1S/C15H23Cl2N/c1-3-4-13(7-8-16)10-18-11-14-6-5-12(2)9-15(14)17/h5-6,9,13,18H,3-4,7-8,10-11H2,1-2H3. The van der Waals surface area contributed by atoms with Gasteiger partial charge in [-0.1, -0.05) is 37.1 Å². The molecular formula is C15H23Cl2N. The van der Waals surface area contributed by atoms with E-state index in [0.717, 1.165) is 30.4 Å². The molecule has 0 aromatic heterocycles. The van der Waals surface area contributed by atoms with Gasteiger partial charge < -0.3 is 5.32 Å². The van der Waals surface area contributed by atoms with Crippen molar-refractivity contribution in [3.8, 4) is 0 Å². The van der Waals surface area contributed by atoms with Crippen molar-refractivity contribution >= 4 is 23.2 Å². The molecule has 0 spiro atoms. The smallest absolute Gasteiger partial charge is 0.0453 e. The number of rotatable bonds is 8. The molecule has 0 bridgehead atoms. The van der Waals surface area contributed by atoms with Gasteiger partial charge in [-0.25, -0.2) is 0 Å². The van der Waals surface area contributed by atoms with Gasteiger partial charge in [0.2, 0.25) is 0 Å². The molecule has 0 fully saturated rings. The average Bonchev–Trinajstić information content (AvgIpc) is 2.32. The molecule has 0 radical (unpaired) electrons. The Labute approximate surface area is 121 Å². The van der Waals surface area contributed by atoms with Gasteiger partial charge in [-0.05, 0) is 49.4 Å². The van der Waals surface area contributed by atoms with Crippen LogP contribution in [0.2, 0.25) is 5.02 Å². The quantitative estimate of drug-likeness (QED) is 0.679. The highest BCUT2D eigenvalue weighted by atomic mass is 35.5. The van der Waals surface area contributed by atoms with Crippen molar-refractivity contribution in [3.63, 3.8) is 0 Å². The molecule has 1 atom stereocenters. The Morgan fingerprint density at radius 3 is 2.67 bits per heavy atom. The van der Waals surface area contributed by atoms with Gasteiger partial charge in [-0.15, -0.1) is 11.6 Å². The Morgan fingerprint density at radius 1 is 1.28 bits per heavy atom. The third-order valence-corrected chi connectivity index (χ3v) is 3.74. The molecule has 1 N–H and O–H groups in total. The van der Waals surface area contributed by atoms with Gasteiger partial charge in [-0.2, -0.15) is 0 Å². The molecule has 0 aliphatic heterocycles. The summed E-state index contributed by atoms with van der Waals surface area (Å²) in [6.07, 6.45) is 3.54. The van der Waals surface area contributed by atoms with E-state index in [-0.39, 0.29) is 0 Å². The summed E-state index contributed by atoms with van der Waals surface area (Å²) in [5.74, 6) is 1.43. The van der Waals surface area contributed by atoms with Crippen LogP contribution < -0.4 is 5.32 Å². The minimum atomic E-state index is 0.678. The normalized spacial score (nSPS) is 12.7. The lowest BCUT2D eigenvalue weighted by Gasteiger charge is -2.16. The highest BCUT2D eigenvalue weighted by Crippen LogP contribution is 2.18. The number of halogens is 2. The van der Waals surface area contributed by atoms with Gasteiger partial charge in [0.25, 0.3) is 0 Å². The summed E-state index contributed by atoms with van der Waals surface area (Å²) in [6.45, 7) is 6.13. The zero-order valence-electron chi connectivity index (χ0n) is 11.3. The first-order valence-corrected chi connectivity index (χ1v) is 7.60. The molecular weight excluding hydrogens is 265 g/mol. The van der Waals surface area contributed by atoms with Crippen LogP contribution in [-0.2, 0) is 6.54 Å². The van der Waals surface area contributed by atoms with Crippen LogP contribution >= 0.6 is 23.2 Å². The number of hydrogen-bond acceptors (Lipinski definition) is 1. The van der Waals surface area contributed by atoms with Crippen molar-refractivity contribution < 1.29 is 0 Å². The van der Waals surface area contributed by atoms with E-state index in [0.29, 0.717) is 5.92 Å². The lowest BCUT2D eigenvalue weighted by atomic mass is 10.0. The van der Waals surface area contributed by atoms with Crippen molar-refractivity contribution in [2.24, 2.45) is 5.92 Å². The minimum absolute atomic E-state index is 0.678. The van der Waals surface area contributed by atoms with E-state index in [1.165, 1.54) is 24.0 Å². The van der Waals surface area contributed by atoms with Crippen LogP contribution in [0, 0.1) is 12.8 Å². The minimum Gasteiger partial charge on any atom is -0.312 e. The average molecular weight is 288 g/mol. The van der Waals surface area contributed by atoms with E-state index >= 15 is 0 Å². The Balaban J connectivity index is 2.39. The molecule has 1 rings (SSSR count). The van der Waals surface area contributed by atoms with Crippen molar-refractivity contribution in [2.75, 3.05) is 12.4 Å². The van der Waals surface area contributed by atoms with E-state index in [4.69, 9.17) is 23.2 Å². The van der Waals surface area contributed by atoms with Crippen LogP contribution in [0.1, 0.15) is 37.3 Å². The highest BCUT2D eigenvalue weighted by Gasteiger charge is 2.07. The fraction of sp³-hybridized carbons (Fsp3) is 0.600. The predicted octanol–water partition coefficient (Wildman–Crippen LogP) is 4.78. The summed E-state index contributed by atoms with van der Waals surface area (Å²) in [6, 6.07) is 6.22. The topological polar surface area (TPSA) is 12.0 Å². The monoisotopic (exact) mass is 287 g/mol. The first-order valence-electron chi connectivity index (χ1n) is 6.69. The molecule has 0 aliphatic rings. The summed E-state index contributed by atoms with van der Waals surface area (Å²) in [7, 11) is 0. The Hall–Kier alpha value is -0.240. The summed E-state index contributed by atoms with van der Waals surface area (Å²) < 4.78 is 0. The zero-order chi connectivity index (χ0) is 13.4. The van der Waals surface area contributed by atoms with Crippen LogP contribution in [0.5, 0.6) is 0 Å². The van der Waals surface area contributed by atoms with Crippen molar-refractivity contribution in [1.82, 2.24) is 5.32 Å². The second kappa shape index (κ2) is 8.79. The molecule has 0 aliphatic carbocycles. The molecule has 3 heteroatoms. The molecule has 0 saturated carbocycles. The lowest BCUT2D eigenvalue weighted by Crippen LogP contribution is -2.23. The van der Waals surface area contributed by atoms with Gasteiger partial charge in [0.1, 0.15) is 0 Å². The van der Waals surface area contributed by atoms with Crippen LogP contribution in [0.3, 0.4) is 0 Å².